The van der Waals surface area contributed by atoms with Crippen LogP contribution in [0.3, 0.4) is 0 Å². The van der Waals surface area contributed by atoms with Gasteiger partial charge in [0.25, 0.3) is 10.0 Å². The van der Waals surface area contributed by atoms with Crippen LogP contribution in [0.1, 0.15) is 5.56 Å². The van der Waals surface area contributed by atoms with Crippen molar-refractivity contribution in [3.63, 3.8) is 0 Å². The van der Waals surface area contributed by atoms with Crippen LogP contribution in [0.4, 0.5) is 10.1 Å². The number of nitrogens with one attached hydrogen (secondary N) is 2. The Morgan fingerprint density at radius 3 is 2.44 bits per heavy atom. The molecule has 0 saturated carbocycles. The highest BCUT2D eigenvalue weighted by atomic mass is 32.2. The maximum absolute atomic E-state index is 13.7. The molecule has 0 heterocycles. The van der Waals surface area contributed by atoms with Crippen molar-refractivity contribution in [3.05, 3.63) is 59.9 Å². The molecule has 0 aromatic heterocycles. The van der Waals surface area contributed by atoms with E-state index in [4.69, 9.17) is 4.74 Å². The minimum atomic E-state index is -4.01. The Labute approximate surface area is 146 Å². The molecule has 2 aromatic carbocycles. The van der Waals surface area contributed by atoms with E-state index in [0.29, 0.717) is 13.2 Å². The quantitative estimate of drug-likeness (QED) is 0.699. The summed E-state index contributed by atoms with van der Waals surface area (Å²) < 4.78 is 45.2. The summed E-state index contributed by atoms with van der Waals surface area (Å²) in [5, 5.41) is 2.70. The summed E-state index contributed by atoms with van der Waals surface area (Å²) in [5.41, 5.74) is 1.01. The maximum Gasteiger partial charge on any atom is 0.264 e. The van der Waals surface area contributed by atoms with E-state index in [2.05, 4.69) is 10.0 Å². The van der Waals surface area contributed by atoms with Crippen LogP contribution in [0, 0.1) is 5.82 Å². The number of hydrogen-bond donors (Lipinski definition) is 2. The molecule has 0 fully saturated rings. The Balaban J connectivity index is 2.01. The molecule has 6 nitrogen and oxygen atoms in total. The summed E-state index contributed by atoms with van der Waals surface area (Å²) in [6.45, 7) is 0.859. The first kappa shape index (κ1) is 18.9. The van der Waals surface area contributed by atoms with Gasteiger partial charge in [-0.25, -0.2) is 12.8 Å². The lowest BCUT2D eigenvalue weighted by atomic mass is 10.1. The second-order valence-electron chi connectivity index (χ2n) is 5.25. The summed E-state index contributed by atoms with van der Waals surface area (Å²) in [6, 6.07) is 11.5. The third-order valence-electron chi connectivity index (χ3n) is 3.33. The van der Waals surface area contributed by atoms with Gasteiger partial charge in [0, 0.05) is 19.3 Å². The number of hydrogen-bond acceptors (Lipinski definition) is 4. The third kappa shape index (κ3) is 5.54. The van der Waals surface area contributed by atoms with Crippen molar-refractivity contribution in [3.8, 4) is 0 Å². The minimum Gasteiger partial charge on any atom is -0.383 e. The van der Waals surface area contributed by atoms with E-state index in [-0.39, 0.29) is 18.0 Å². The molecule has 0 saturated heterocycles. The van der Waals surface area contributed by atoms with E-state index in [9.17, 15) is 17.6 Å². The molecule has 0 spiro atoms. The summed E-state index contributed by atoms with van der Waals surface area (Å²) in [7, 11) is -2.46. The van der Waals surface area contributed by atoms with Gasteiger partial charge in [-0.05, 0) is 29.8 Å². The second kappa shape index (κ2) is 8.59. The van der Waals surface area contributed by atoms with Gasteiger partial charge in [-0.2, -0.15) is 0 Å². The number of sulfonamides is 1. The van der Waals surface area contributed by atoms with Crippen molar-refractivity contribution >= 4 is 21.6 Å². The number of carbonyl (C=O) groups excluding carboxylic acids is 1. The van der Waals surface area contributed by atoms with E-state index < -0.39 is 20.7 Å². The summed E-state index contributed by atoms with van der Waals surface area (Å²) in [4.78, 5) is 11.3. The van der Waals surface area contributed by atoms with Crippen molar-refractivity contribution in [1.82, 2.24) is 5.32 Å². The van der Waals surface area contributed by atoms with Gasteiger partial charge in [-0.3, -0.25) is 9.52 Å². The Bertz CT molecular complexity index is 823. The zero-order valence-electron chi connectivity index (χ0n) is 13.7. The van der Waals surface area contributed by atoms with Gasteiger partial charge in [0.1, 0.15) is 10.7 Å². The van der Waals surface area contributed by atoms with E-state index in [1.54, 1.807) is 19.2 Å². The first-order valence-electron chi connectivity index (χ1n) is 7.54. The standard InChI is InChI=1S/C17H19FN2O4S/c1-24-11-10-19-17(21)12-13-6-8-14(9-7-13)20-25(22,23)16-5-3-2-4-15(16)18/h2-9,20H,10-12H2,1H3,(H,19,21). The van der Waals surface area contributed by atoms with Crippen LogP contribution in [0.25, 0.3) is 0 Å². The Morgan fingerprint density at radius 1 is 1.12 bits per heavy atom. The van der Waals surface area contributed by atoms with Crippen molar-refractivity contribution in [1.29, 1.82) is 0 Å². The molecule has 0 aliphatic rings. The molecule has 8 heteroatoms. The number of rotatable bonds is 8. The number of benzene rings is 2. The predicted molar refractivity (Wildman–Crippen MR) is 92.2 cm³/mol. The first-order chi connectivity index (χ1) is 11.9. The van der Waals surface area contributed by atoms with Crippen LogP contribution in [0.15, 0.2) is 53.4 Å². The maximum atomic E-state index is 13.7. The molecule has 134 valence electrons. The van der Waals surface area contributed by atoms with Gasteiger partial charge in [-0.15, -0.1) is 0 Å². The van der Waals surface area contributed by atoms with Crippen LogP contribution >= 0.6 is 0 Å². The number of halogens is 1. The molecule has 2 N–H and O–H groups in total. The molecule has 0 bridgehead atoms. The van der Waals surface area contributed by atoms with Crippen molar-refractivity contribution in [2.75, 3.05) is 25.0 Å². The molecule has 0 unspecified atom stereocenters. The predicted octanol–water partition coefficient (Wildman–Crippen LogP) is 1.93. The smallest absolute Gasteiger partial charge is 0.264 e. The fourth-order valence-electron chi connectivity index (χ4n) is 2.10. The van der Waals surface area contributed by atoms with Crippen molar-refractivity contribution in [2.45, 2.75) is 11.3 Å². The second-order valence-corrected chi connectivity index (χ2v) is 6.90. The lowest BCUT2D eigenvalue weighted by Gasteiger charge is -2.10. The summed E-state index contributed by atoms with van der Waals surface area (Å²) in [5.74, 6) is -0.976. The topological polar surface area (TPSA) is 84.5 Å². The zero-order valence-corrected chi connectivity index (χ0v) is 14.5. The van der Waals surface area contributed by atoms with Gasteiger partial charge < -0.3 is 10.1 Å². The molecule has 25 heavy (non-hydrogen) atoms. The van der Waals surface area contributed by atoms with Gasteiger partial charge in [0.2, 0.25) is 5.91 Å². The SMILES string of the molecule is COCCNC(=O)Cc1ccc(NS(=O)(=O)c2ccccc2F)cc1. The summed E-state index contributed by atoms with van der Waals surface area (Å²) in [6.07, 6.45) is 0.171. The molecule has 0 aliphatic carbocycles. The fourth-order valence-corrected chi connectivity index (χ4v) is 3.24. The van der Waals surface area contributed by atoms with Crippen molar-refractivity contribution in [2.24, 2.45) is 0 Å². The lowest BCUT2D eigenvalue weighted by molar-refractivity contribution is -0.120. The number of amides is 1. The highest BCUT2D eigenvalue weighted by Gasteiger charge is 2.18. The van der Waals surface area contributed by atoms with Crippen LogP contribution in [-0.2, 0) is 26.0 Å². The average Bonchev–Trinajstić information content (AvgIpc) is 2.57. The molecule has 1 amide bonds. The molecule has 2 rings (SSSR count). The van der Waals surface area contributed by atoms with E-state index in [0.717, 1.165) is 11.6 Å². The molecule has 0 aliphatic heterocycles. The van der Waals surface area contributed by atoms with E-state index in [1.165, 1.54) is 30.3 Å². The number of carbonyl (C=O) groups is 1. The monoisotopic (exact) mass is 366 g/mol. The van der Waals surface area contributed by atoms with Crippen LogP contribution in [0.2, 0.25) is 0 Å². The largest absolute Gasteiger partial charge is 0.383 e. The molecular formula is C17H19FN2O4S. The van der Waals surface area contributed by atoms with Gasteiger partial charge in [-0.1, -0.05) is 24.3 Å². The van der Waals surface area contributed by atoms with Crippen molar-refractivity contribution < 1.29 is 22.3 Å². The average molecular weight is 366 g/mol. The molecule has 0 radical (unpaired) electrons. The molecular weight excluding hydrogens is 347 g/mol. The highest BCUT2D eigenvalue weighted by molar-refractivity contribution is 7.92. The van der Waals surface area contributed by atoms with Gasteiger partial charge in [0.05, 0.1) is 13.0 Å². The van der Waals surface area contributed by atoms with Gasteiger partial charge >= 0.3 is 0 Å². The number of methoxy groups -OCH3 is 1. The lowest BCUT2D eigenvalue weighted by Crippen LogP contribution is -2.28. The third-order valence-corrected chi connectivity index (χ3v) is 4.74. The normalized spacial score (nSPS) is 11.1. The number of ether oxygens (including phenoxy) is 1. The van der Waals surface area contributed by atoms with Crippen LogP contribution < -0.4 is 10.0 Å². The fraction of sp³-hybridized carbons (Fsp3) is 0.235. The first-order valence-corrected chi connectivity index (χ1v) is 9.02. The van der Waals surface area contributed by atoms with Gasteiger partial charge in [0.15, 0.2) is 0 Å². The van der Waals surface area contributed by atoms with E-state index >= 15 is 0 Å². The Hall–Kier alpha value is -2.45. The molecule has 2 aromatic rings. The summed E-state index contributed by atoms with van der Waals surface area (Å²) >= 11 is 0. The molecule has 0 atom stereocenters. The van der Waals surface area contributed by atoms with Crippen LogP contribution in [0.5, 0.6) is 0 Å². The Kier molecular flexibility index (Phi) is 6.49. The highest BCUT2D eigenvalue weighted by Crippen LogP contribution is 2.19. The Morgan fingerprint density at radius 2 is 1.80 bits per heavy atom. The minimum absolute atomic E-state index is 0.156. The van der Waals surface area contributed by atoms with Crippen LogP contribution in [-0.4, -0.2) is 34.6 Å². The van der Waals surface area contributed by atoms with E-state index in [1.807, 2.05) is 0 Å². The number of anilines is 1. The zero-order chi connectivity index (χ0) is 18.3.